The van der Waals surface area contributed by atoms with Crippen molar-refractivity contribution in [3.63, 3.8) is 0 Å². The molecule has 1 fully saturated rings. The Morgan fingerprint density at radius 2 is 2.16 bits per heavy atom. The van der Waals surface area contributed by atoms with E-state index in [1.54, 1.807) is 11.0 Å². The highest BCUT2D eigenvalue weighted by Gasteiger charge is 2.28. The van der Waals surface area contributed by atoms with Gasteiger partial charge in [0.1, 0.15) is 5.82 Å². The average Bonchev–Trinajstić information content (AvgIpc) is 2.57. The smallest absolute Gasteiger partial charge is 0.242 e. The third-order valence-corrected chi connectivity index (χ3v) is 4.18. The molecule has 5 nitrogen and oxygen atoms in total. The number of benzene rings is 1. The van der Waals surface area contributed by atoms with Gasteiger partial charge in [0, 0.05) is 26.1 Å². The van der Waals surface area contributed by atoms with Gasteiger partial charge in [-0.3, -0.25) is 9.59 Å². The molecule has 1 heterocycles. The number of carbonyl (C=O) groups is 2. The molecule has 2 N–H and O–H groups in total. The number of hydrogen-bond acceptors (Lipinski definition) is 3. The minimum atomic E-state index is -0.313. The molecule has 1 aliphatic rings. The van der Waals surface area contributed by atoms with Gasteiger partial charge in [-0.05, 0) is 30.0 Å². The first-order chi connectivity index (χ1) is 11.5. The van der Waals surface area contributed by atoms with Gasteiger partial charge >= 0.3 is 0 Å². The third kappa shape index (κ3) is 6.63. The van der Waals surface area contributed by atoms with Gasteiger partial charge in [-0.25, -0.2) is 4.39 Å². The standard InChI is InChI=1S/C18H26FN3O2.ClH/c1-13(2)6-7-17(23)21-12-18(24)22-9-8-20-11-16(22)14-4-3-5-15(19)10-14;/h3-5,10,13,16,20H,6-9,11-12H2,1-2H3,(H,21,23);1H. The van der Waals surface area contributed by atoms with Crippen LogP contribution in [0.15, 0.2) is 24.3 Å². The zero-order valence-corrected chi connectivity index (χ0v) is 15.6. The molecule has 0 aliphatic carbocycles. The van der Waals surface area contributed by atoms with Gasteiger partial charge in [0.2, 0.25) is 11.8 Å². The second-order valence-corrected chi connectivity index (χ2v) is 6.57. The van der Waals surface area contributed by atoms with Gasteiger partial charge in [0.25, 0.3) is 0 Å². The molecule has 0 aromatic heterocycles. The normalized spacial score (nSPS) is 17.1. The lowest BCUT2D eigenvalue weighted by Crippen LogP contribution is -2.51. The molecule has 0 saturated carbocycles. The maximum Gasteiger partial charge on any atom is 0.242 e. The number of hydrogen-bond donors (Lipinski definition) is 2. The summed E-state index contributed by atoms with van der Waals surface area (Å²) in [6, 6.07) is 6.10. The number of nitrogens with one attached hydrogen (secondary N) is 2. The summed E-state index contributed by atoms with van der Waals surface area (Å²) in [5.74, 6) is -0.0948. The van der Waals surface area contributed by atoms with Gasteiger partial charge in [0.15, 0.2) is 0 Å². The number of nitrogens with zero attached hydrogens (tertiary/aromatic N) is 1. The highest BCUT2D eigenvalue weighted by Crippen LogP contribution is 2.22. The van der Waals surface area contributed by atoms with Crippen LogP contribution in [0.1, 0.15) is 38.3 Å². The quantitative estimate of drug-likeness (QED) is 0.806. The second-order valence-electron chi connectivity index (χ2n) is 6.57. The molecule has 1 saturated heterocycles. The molecule has 2 rings (SSSR count). The summed E-state index contributed by atoms with van der Waals surface area (Å²) in [7, 11) is 0. The molecule has 0 spiro atoms. The van der Waals surface area contributed by atoms with E-state index in [9.17, 15) is 14.0 Å². The molecule has 140 valence electrons. The van der Waals surface area contributed by atoms with Crippen molar-refractivity contribution < 1.29 is 14.0 Å². The van der Waals surface area contributed by atoms with E-state index in [0.29, 0.717) is 32.0 Å². The monoisotopic (exact) mass is 371 g/mol. The van der Waals surface area contributed by atoms with Gasteiger partial charge in [-0.15, -0.1) is 12.4 Å². The van der Waals surface area contributed by atoms with E-state index in [4.69, 9.17) is 0 Å². The predicted octanol–water partition coefficient (Wildman–Crippen LogP) is 2.27. The molecule has 7 heteroatoms. The summed E-state index contributed by atoms with van der Waals surface area (Å²) in [5, 5.41) is 5.93. The van der Waals surface area contributed by atoms with Crippen LogP contribution in [0.5, 0.6) is 0 Å². The Kier molecular flexibility index (Phi) is 8.86. The molecule has 1 unspecified atom stereocenters. The summed E-state index contributed by atoms with van der Waals surface area (Å²) in [6.45, 7) is 5.92. The molecule has 1 aromatic carbocycles. The van der Waals surface area contributed by atoms with Crippen molar-refractivity contribution in [1.82, 2.24) is 15.5 Å². The average molecular weight is 372 g/mol. The summed E-state index contributed by atoms with van der Waals surface area (Å²) < 4.78 is 13.5. The Morgan fingerprint density at radius 3 is 2.84 bits per heavy atom. The van der Waals surface area contributed by atoms with Crippen LogP contribution in [-0.4, -0.2) is 42.9 Å². The molecular weight excluding hydrogens is 345 g/mol. The topological polar surface area (TPSA) is 61.4 Å². The van der Waals surface area contributed by atoms with Crippen LogP contribution in [-0.2, 0) is 9.59 Å². The first kappa shape index (κ1) is 21.4. The van der Waals surface area contributed by atoms with Crippen LogP contribution >= 0.6 is 12.4 Å². The SMILES string of the molecule is CC(C)CCC(=O)NCC(=O)N1CCNCC1c1cccc(F)c1.Cl. The Hall–Kier alpha value is -1.66. The van der Waals surface area contributed by atoms with Gasteiger partial charge in [-0.1, -0.05) is 26.0 Å². The third-order valence-electron chi connectivity index (χ3n) is 4.18. The first-order valence-electron chi connectivity index (χ1n) is 8.49. The predicted molar refractivity (Wildman–Crippen MR) is 98.1 cm³/mol. The van der Waals surface area contributed by atoms with Crippen molar-refractivity contribution in [2.24, 2.45) is 5.92 Å². The molecule has 1 aromatic rings. The van der Waals surface area contributed by atoms with Crippen molar-refractivity contribution in [3.05, 3.63) is 35.6 Å². The molecule has 25 heavy (non-hydrogen) atoms. The fraction of sp³-hybridized carbons (Fsp3) is 0.556. The van der Waals surface area contributed by atoms with Gasteiger partial charge in [0.05, 0.1) is 12.6 Å². The van der Waals surface area contributed by atoms with Crippen LogP contribution in [0.3, 0.4) is 0 Å². The van der Waals surface area contributed by atoms with Crippen molar-refractivity contribution in [1.29, 1.82) is 0 Å². The fourth-order valence-corrected chi connectivity index (χ4v) is 2.80. The van der Waals surface area contributed by atoms with E-state index in [-0.39, 0.29) is 42.6 Å². The van der Waals surface area contributed by atoms with Crippen molar-refractivity contribution in [3.8, 4) is 0 Å². The Bertz CT molecular complexity index is 583. The minimum Gasteiger partial charge on any atom is -0.347 e. The maximum absolute atomic E-state index is 13.5. The summed E-state index contributed by atoms with van der Waals surface area (Å²) >= 11 is 0. The summed E-state index contributed by atoms with van der Waals surface area (Å²) in [6.07, 6.45) is 1.24. The van der Waals surface area contributed by atoms with Crippen LogP contribution in [0, 0.1) is 11.7 Å². The molecule has 2 amide bonds. The van der Waals surface area contributed by atoms with Gasteiger partial charge < -0.3 is 15.5 Å². The van der Waals surface area contributed by atoms with Crippen LogP contribution in [0.25, 0.3) is 0 Å². The molecule has 0 bridgehead atoms. The Balaban J connectivity index is 0.00000312. The van der Waals surface area contributed by atoms with Crippen LogP contribution < -0.4 is 10.6 Å². The summed E-state index contributed by atoms with van der Waals surface area (Å²) in [4.78, 5) is 26.0. The number of rotatable bonds is 6. The minimum absolute atomic E-state index is 0. The lowest BCUT2D eigenvalue weighted by molar-refractivity contribution is -0.135. The van der Waals surface area contributed by atoms with Crippen molar-refractivity contribution in [2.45, 2.75) is 32.7 Å². The van der Waals surface area contributed by atoms with Crippen molar-refractivity contribution >= 4 is 24.2 Å². The van der Waals surface area contributed by atoms with E-state index >= 15 is 0 Å². The van der Waals surface area contributed by atoms with E-state index < -0.39 is 0 Å². The molecular formula is C18H27ClFN3O2. The molecule has 0 radical (unpaired) electrons. The van der Waals surface area contributed by atoms with Gasteiger partial charge in [-0.2, -0.15) is 0 Å². The number of carbonyl (C=O) groups excluding carboxylic acids is 2. The van der Waals surface area contributed by atoms with E-state index in [0.717, 1.165) is 12.0 Å². The largest absolute Gasteiger partial charge is 0.347 e. The highest BCUT2D eigenvalue weighted by molar-refractivity contribution is 5.85. The number of halogens is 2. The number of piperazine rings is 1. The second kappa shape index (κ2) is 10.4. The van der Waals surface area contributed by atoms with E-state index in [2.05, 4.69) is 24.5 Å². The highest BCUT2D eigenvalue weighted by atomic mass is 35.5. The first-order valence-corrected chi connectivity index (χ1v) is 8.49. The van der Waals surface area contributed by atoms with Crippen molar-refractivity contribution in [2.75, 3.05) is 26.2 Å². The maximum atomic E-state index is 13.5. The lowest BCUT2D eigenvalue weighted by atomic mass is 10.0. The Labute approximate surface area is 154 Å². The Morgan fingerprint density at radius 1 is 1.40 bits per heavy atom. The van der Waals surface area contributed by atoms with E-state index in [1.165, 1.54) is 12.1 Å². The zero-order valence-electron chi connectivity index (χ0n) is 14.8. The van der Waals surface area contributed by atoms with Crippen LogP contribution in [0.4, 0.5) is 4.39 Å². The summed E-state index contributed by atoms with van der Waals surface area (Å²) in [5.41, 5.74) is 0.765. The molecule has 1 atom stereocenters. The van der Waals surface area contributed by atoms with E-state index in [1.807, 2.05) is 6.07 Å². The van der Waals surface area contributed by atoms with Crippen LogP contribution in [0.2, 0.25) is 0 Å². The number of amides is 2. The molecule has 1 aliphatic heterocycles. The zero-order chi connectivity index (χ0) is 17.5. The lowest BCUT2D eigenvalue weighted by Gasteiger charge is -2.36. The fourth-order valence-electron chi connectivity index (χ4n) is 2.80.